The van der Waals surface area contributed by atoms with Gasteiger partial charge in [-0.15, -0.1) is 4.73 Å². The maximum absolute atomic E-state index is 11.1. The van der Waals surface area contributed by atoms with Crippen molar-refractivity contribution in [1.82, 2.24) is 15.0 Å². The molecule has 7 heteroatoms. The Labute approximate surface area is 90.4 Å². The van der Waals surface area contributed by atoms with E-state index in [0.29, 0.717) is 5.52 Å². The number of benzene rings is 1. The van der Waals surface area contributed by atoms with Crippen molar-refractivity contribution < 1.29 is 14.7 Å². The van der Waals surface area contributed by atoms with Gasteiger partial charge in [-0.2, -0.15) is 0 Å². The summed E-state index contributed by atoms with van der Waals surface area (Å²) in [5.41, 5.74) is 6.26. The van der Waals surface area contributed by atoms with E-state index in [2.05, 4.69) is 10.3 Å². The molecule has 0 atom stereocenters. The van der Waals surface area contributed by atoms with E-state index in [1.54, 1.807) is 12.1 Å². The Bertz CT molecular complexity index is 549. The van der Waals surface area contributed by atoms with Crippen molar-refractivity contribution in [2.45, 2.75) is 0 Å². The van der Waals surface area contributed by atoms with Gasteiger partial charge in [-0.3, -0.25) is 0 Å². The summed E-state index contributed by atoms with van der Waals surface area (Å²) in [6.07, 6.45) is -0.672. The van der Waals surface area contributed by atoms with Gasteiger partial charge in [-0.1, -0.05) is 6.07 Å². The summed E-state index contributed by atoms with van der Waals surface area (Å²) >= 11 is 0. The van der Waals surface area contributed by atoms with E-state index in [-0.39, 0.29) is 17.2 Å². The lowest BCUT2D eigenvalue weighted by atomic mass is 10.3. The van der Waals surface area contributed by atoms with Crippen molar-refractivity contribution in [2.24, 2.45) is 0 Å². The summed E-state index contributed by atoms with van der Waals surface area (Å²) in [5, 5.41) is 11.8. The Hall–Kier alpha value is -2.44. The first kappa shape index (κ1) is 10.1. The number of rotatable bonds is 1. The van der Waals surface area contributed by atoms with E-state index in [4.69, 9.17) is 10.6 Å². The van der Waals surface area contributed by atoms with Crippen LogP contribution in [0, 0.1) is 0 Å². The number of aromatic hydroxyl groups is 1. The lowest BCUT2D eigenvalue weighted by molar-refractivity contribution is 0.142. The SMILES string of the molecule is CNC(=O)On1c(N)nc2c(O)cccc21. The summed E-state index contributed by atoms with van der Waals surface area (Å²) in [5.74, 6) is -0.0384. The van der Waals surface area contributed by atoms with Crippen molar-refractivity contribution in [3.63, 3.8) is 0 Å². The highest BCUT2D eigenvalue weighted by Gasteiger charge is 2.14. The smallest absolute Gasteiger partial charge is 0.431 e. The molecule has 1 aromatic carbocycles. The summed E-state index contributed by atoms with van der Waals surface area (Å²) in [7, 11) is 1.43. The van der Waals surface area contributed by atoms with Gasteiger partial charge in [0.25, 0.3) is 0 Å². The summed E-state index contributed by atoms with van der Waals surface area (Å²) in [4.78, 5) is 19.8. The zero-order valence-electron chi connectivity index (χ0n) is 8.47. The molecule has 1 heterocycles. The Balaban J connectivity index is 2.56. The molecule has 1 amide bonds. The summed E-state index contributed by atoms with van der Waals surface area (Å²) in [6.45, 7) is 0. The molecular formula is C9H10N4O3. The maximum atomic E-state index is 11.1. The normalized spacial score (nSPS) is 10.3. The van der Waals surface area contributed by atoms with Crippen LogP contribution in [0.15, 0.2) is 18.2 Å². The number of carbonyl (C=O) groups is 1. The summed E-state index contributed by atoms with van der Waals surface area (Å²) in [6, 6.07) is 4.70. The van der Waals surface area contributed by atoms with Crippen molar-refractivity contribution in [3.8, 4) is 5.75 Å². The van der Waals surface area contributed by atoms with Crippen molar-refractivity contribution >= 4 is 23.1 Å². The van der Waals surface area contributed by atoms with Gasteiger partial charge in [0.15, 0.2) is 0 Å². The molecule has 0 aliphatic heterocycles. The van der Waals surface area contributed by atoms with Gasteiger partial charge in [-0.25, -0.2) is 9.78 Å². The minimum absolute atomic E-state index is 0.0138. The molecule has 0 aliphatic rings. The second-order valence-corrected chi connectivity index (χ2v) is 3.04. The monoisotopic (exact) mass is 222 g/mol. The molecule has 1 aromatic heterocycles. The second-order valence-electron chi connectivity index (χ2n) is 3.04. The third kappa shape index (κ3) is 1.48. The van der Waals surface area contributed by atoms with Crippen LogP contribution in [0.1, 0.15) is 0 Å². The van der Waals surface area contributed by atoms with Crippen LogP contribution in [0.5, 0.6) is 5.75 Å². The fraction of sp³-hybridized carbons (Fsp3) is 0.111. The number of nitrogens with zero attached hydrogens (tertiary/aromatic N) is 2. The number of aromatic nitrogens is 2. The molecule has 2 aromatic rings. The lowest BCUT2D eigenvalue weighted by Crippen LogP contribution is -2.29. The zero-order valence-corrected chi connectivity index (χ0v) is 8.47. The number of amides is 1. The number of nitrogen functional groups attached to an aromatic ring is 1. The molecule has 16 heavy (non-hydrogen) atoms. The number of fused-ring (bicyclic) bond motifs is 1. The molecule has 0 unspecified atom stereocenters. The van der Waals surface area contributed by atoms with Gasteiger partial charge in [0.05, 0.1) is 0 Å². The van der Waals surface area contributed by atoms with Gasteiger partial charge in [0.1, 0.15) is 16.8 Å². The van der Waals surface area contributed by atoms with Crippen molar-refractivity contribution in [1.29, 1.82) is 0 Å². The largest absolute Gasteiger partial charge is 0.506 e. The molecule has 84 valence electrons. The molecule has 4 N–H and O–H groups in total. The van der Waals surface area contributed by atoms with Crippen LogP contribution in [-0.2, 0) is 0 Å². The van der Waals surface area contributed by atoms with Crippen molar-refractivity contribution in [2.75, 3.05) is 12.8 Å². The van der Waals surface area contributed by atoms with Gasteiger partial charge >= 0.3 is 6.09 Å². The Kier molecular flexibility index (Phi) is 2.28. The molecule has 0 fully saturated rings. The summed E-state index contributed by atoms with van der Waals surface area (Å²) < 4.78 is 1.05. The first-order valence-corrected chi connectivity index (χ1v) is 4.49. The standard InChI is InChI=1S/C9H10N4O3/c1-11-9(15)16-13-5-3-2-4-6(14)7(5)12-8(13)10/h2-4,14H,1H3,(H2,10,12)(H,11,15). The number of imidazole rings is 1. The van der Waals surface area contributed by atoms with Crippen molar-refractivity contribution in [3.05, 3.63) is 18.2 Å². The van der Waals surface area contributed by atoms with E-state index >= 15 is 0 Å². The number of phenolic OH excluding ortho intramolecular Hbond substituents is 1. The highest BCUT2D eigenvalue weighted by Crippen LogP contribution is 2.24. The van der Waals surface area contributed by atoms with Crippen LogP contribution in [-0.4, -0.2) is 28.0 Å². The highest BCUT2D eigenvalue weighted by atomic mass is 16.7. The van der Waals surface area contributed by atoms with E-state index < -0.39 is 6.09 Å². The molecule has 0 radical (unpaired) electrons. The third-order valence-corrected chi connectivity index (χ3v) is 2.02. The molecule has 0 bridgehead atoms. The minimum Gasteiger partial charge on any atom is -0.506 e. The third-order valence-electron chi connectivity index (χ3n) is 2.02. The van der Waals surface area contributed by atoms with Crippen LogP contribution in [0.4, 0.5) is 10.7 Å². The predicted octanol–water partition coefficient (Wildman–Crippen LogP) is 0.0921. The van der Waals surface area contributed by atoms with Crippen LogP contribution in [0.3, 0.4) is 0 Å². The van der Waals surface area contributed by atoms with Gasteiger partial charge in [0.2, 0.25) is 5.95 Å². The van der Waals surface area contributed by atoms with Gasteiger partial charge in [-0.05, 0) is 12.1 Å². The van der Waals surface area contributed by atoms with E-state index in [1.165, 1.54) is 13.1 Å². The quantitative estimate of drug-likeness (QED) is 0.634. The molecule has 0 saturated heterocycles. The number of hydrogen-bond acceptors (Lipinski definition) is 5. The zero-order chi connectivity index (χ0) is 11.7. The van der Waals surface area contributed by atoms with Gasteiger partial charge in [0, 0.05) is 7.05 Å². The second kappa shape index (κ2) is 3.61. The Morgan fingerprint density at radius 3 is 3.06 bits per heavy atom. The fourth-order valence-electron chi connectivity index (χ4n) is 1.31. The van der Waals surface area contributed by atoms with Crippen LogP contribution < -0.4 is 15.9 Å². The Morgan fingerprint density at radius 1 is 1.62 bits per heavy atom. The lowest BCUT2D eigenvalue weighted by Gasteiger charge is -2.05. The number of carbonyl (C=O) groups excluding carboxylic acids is 1. The van der Waals surface area contributed by atoms with E-state index in [9.17, 15) is 9.90 Å². The van der Waals surface area contributed by atoms with E-state index in [0.717, 1.165) is 4.73 Å². The Morgan fingerprint density at radius 2 is 2.38 bits per heavy atom. The average molecular weight is 222 g/mol. The molecule has 7 nitrogen and oxygen atoms in total. The van der Waals surface area contributed by atoms with Crippen LogP contribution >= 0.6 is 0 Å². The number of phenols is 1. The van der Waals surface area contributed by atoms with E-state index in [1.807, 2.05) is 0 Å². The first-order valence-electron chi connectivity index (χ1n) is 4.49. The number of nitrogens with one attached hydrogen (secondary N) is 1. The highest BCUT2D eigenvalue weighted by molar-refractivity contribution is 5.84. The molecule has 0 aliphatic carbocycles. The molecule has 2 rings (SSSR count). The predicted molar refractivity (Wildman–Crippen MR) is 56.8 cm³/mol. The number of nitrogens with two attached hydrogens (primary N) is 1. The molecule has 0 spiro atoms. The van der Waals surface area contributed by atoms with Gasteiger partial charge < -0.3 is 21.0 Å². The first-order chi connectivity index (χ1) is 7.63. The number of para-hydroxylation sites is 1. The number of anilines is 1. The fourth-order valence-corrected chi connectivity index (χ4v) is 1.31. The van der Waals surface area contributed by atoms with Crippen LogP contribution in [0.25, 0.3) is 11.0 Å². The molecular weight excluding hydrogens is 212 g/mol. The minimum atomic E-state index is -0.672. The topological polar surface area (TPSA) is 102 Å². The molecule has 0 saturated carbocycles. The average Bonchev–Trinajstić information content (AvgIpc) is 2.58. The van der Waals surface area contributed by atoms with Crippen LogP contribution in [0.2, 0.25) is 0 Å². The number of hydrogen-bond donors (Lipinski definition) is 3. The maximum Gasteiger partial charge on any atom is 0.431 e.